The molecular weight excluding hydrogens is 409 g/mol. The Balaban J connectivity index is 1.39. The molecule has 2 aliphatic rings. The number of pyridine rings is 1. The molecule has 0 spiro atoms. The van der Waals surface area contributed by atoms with Crippen LogP contribution in [-0.4, -0.2) is 28.0 Å². The summed E-state index contributed by atoms with van der Waals surface area (Å²) in [5, 5.41) is 0. The molecule has 0 bridgehead atoms. The van der Waals surface area contributed by atoms with Gasteiger partial charge in [-0.05, 0) is 53.8 Å². The quantitative estimate of drug-likeness (QED) is 0.385. The molecule has 0 saturated carbocycles. The minimum atomic E-state index is -0.224. The van der Waals surface area contributed by atoms with Crippen LogP contribution >= 0.6 is 0 Å². The number of H-pyrrole nitrogens is 1. The lowest BCUT2D eigenvalue weighted by atomic mass is 9.87. The molecule has 1 saturated heterocycles. The van der Waals surface area contributed by atoms with Crippen LogP contribution in [0, 0.1) is 5.82 Å². The van der Waals surface area contributed by atoms with E-state index in [1.54, 1.807) is 12.1 Å². The first kappa shape index (κ1) is 20.0. The Morgan fingerprint density at radius 3 is 2.61 bits per heavy atom. The number of hydrogen-bond donors (Lipinski definition) is 1. The summed E-state index contributed by atoms with van der Waals surface area (Å²) in [7, 11) is 0. The van der Waals surface area contributed by atoms with Gasteiger partial charge in [0.15, 0.2) is 0 Å². The van der Waals surface area contributed by atoms with Crippen molar-refractivity contribution in [1.29, 1.82) is 0 Å². The smallest absolute Gasteiger partial charge is 0.123 e. The van der Waals surface area contributed by atoms with Gasteiger partial charge in [0.05, 0.1) is 5.69 Å². The molecule has 0 radical (unpaired) electrons. The largest absolute Gasteiger partial charge is 0.374 e. The van der Waals surface area contributed by atoms with E-state index in [4.69, 9.17) is 0 Å². The molecule has 2 aromatic carbocycles. The number of benzene rings is 2. The zero-order valence-corrected chi connectivity index (χ0v) is 18.4. The zero-order valence-electron chi connectivity index (χ0n) is 18.4. The van der Waals surface area contributed by atoms with E-state index in [1.165, 1.54) is 22.9 Å². The van der Waals surface area contributed by atoms with Crippen LogP contribution in [0.15, 0.2) is 97.1 Å². The predicted octanol–water partition coefficient (Wildman–Crippen LogP) is 6.74. The fourth-order valence-corrected chi connectivity index (χ4v) is 5.47. The van der Waals surface area contributed by atoms with Gasteiger partial charge in [-0.1, -0.05) is 48.5 Å². The maximum atomic E-state index is 14.0. The van der Waals surface area contributed by atoms with Crippen molar-refractivity contribution in [2.24, 2.45) is 0 Å². The molecule has 2 aliphatic heterocycles. The first-order valence-corrected chi connectivity index (χ1v) is 11.6. The number of fused-ring (bicyclic) bond motifs is 1. The summed E-state index contributed by atoms with van der Waals surface area (Å²) in [4.78, 5) is 10.2. The summed E-state index contributed by atoms with van der Waals surface area (Å²) in [6.45, 7) is 2.16. The summed E-state index contributed by atoms with van der Waals surface area (Å²) in [5.41, 5.74) is 8.24. The molecule has 0 aliphatic carbocycles. The molecule has 4 heterocycles. The summed E-state index contributed by atoms with van der Waals surface area (Å²) < 4.78 is 14.0. The maximum Gasteiger partial charge on any atom is 0.123 e. The van der Waals surface area contributed by atoms with Gasteiger partial charge in [0.1, 0.15) is 5.82 Å². The monoisotopic (exact) mass is 435 g/mol. The minimum Gasteiger partial charge on any atom is -0.374 e. The van der Waals surface area contributed by atoms with Crippen molar-refractivity contribution in [3.63, 3.8) is 0 Å². The number of nitrogens with one attached hydrogen (secondary N) is 1. The fraction of sp³-hybridized carbons (Fsp3) is 0.207. The number of aromatic amines is 1. The normalized spacial score (nSPS) is 19.9. The molecule has 4 heteroatoms. The number of nitrogens with zero attached hydrogens (tertiary/aromatic N) is 2. The van der Waals surface area contributed by atoms with E-state index in [1.807, 2.05) is 30.6 Å². The maximum absolute atomic E-state index is 14.0. The first-order valence-electron chi connectivity index (χ1n) is 11.6. The van der Waals surface area contributed by atoms with Gasteiger partial charge in [0.2, 0.25) is 0 Å². The SMILES string of the molecule is Fc1cccc(-c2[nH]cc(C3C=C4CC(c5ccccc5)CN4CC3)c2-c2ccncc2)c1. The second-order valence-corrected chi connectivity index (χ2v) is 9.05. The summed E-state index contributed by atoms with van der Waals surface area (Å²) in [6, 6.07) is 21.8. The zero-order chi connectivity index (χ0) is 22.2. The van der Waals surface area contributed by atoms with Gasteiger partial charge in [0.25, 0.3) is 0 Å². The number of hydrogen-bond acceptors (Lipinski definition) is 2. The third kappa shape index (κ3) is 3.76. The van der Waals surface area contributed by atoms with Crippen molar-refractivity contribution in [3.8, 4) is 22.4 Å². The lowest BCUT2D eigenvalue weighted by Crippen LogP contribution is -2.25. The molecule has 164 valence electrons. The second-order valence-electron chi connectivity index (χ2n) is 9.05. The Morgan fingerprint density at radius 2 is 1.79 bits per heavy atom. The van der Waals surface area contributed by atoms with Crippen LogP contribution in [0.1, 0.15) is 35.8 Å². The number of halogens is 1. The molecule has 1 fully saturated rings. The van der Waals surface area contributed by atoms with Crippen molar-refractivity contribution >= 4 is 0 Å². The topological polar surface area (TPSA) is 31.9 Å². The van der Waals surface area contributed by atoms with Crippen molar-refractivity contribution in [3.05, 3.63) is 114 Å². The van der Waals surface area contributed by atoms with Gasteiger partial charge in [-0.3, -0.25) is 4.98 Å². The molecule has 6 rings (SSSR count). The molecular formula is C29H26FN3. The standard InChI is InChI=1S/C29H26FN3/c30-25-8-4-7-23(15-25)29-28(21-9-12-31-13-10-21)27(18-32-29)22-11-14-33-19-24(17-26(33)16-22)20-5-2-1-3-6-20/h1-10,12-13,15-16,18,22,24,32H,11,14,17,19H2. The van der Waals surface area contributed by atoms with Gasteiger partial charge >= 0.3 is 0 Å². The number of rotatable bonds is 4. The predicted molar refractivity (Wildman–Crippen MR) is 130 cm³/mol. The van der Waals surface area contributed by atoms with Crippen LogP contribution in [0.3, 0.4) is 0 Å². The first-order chi connectivity index (χ1) is 16.3. The highest BCUT2D eigenvalue weighted by Gasteiger charge is 2.32. The highest BCUT2D eigenvalue weighted by molar-refractivity contribution is 5.84. The lowest BCUT2D eigenvalue weighted by Gasteiger charge is -2.29. The minimum absolute atomic E-state index is 0.224. The van der Waals surface area contributed by atoms with E-state index in [9.17, 15) is 4.39 Å². The molecule has 3 nitrogen and oxygen atoms in total. The van der Waals surface area contributed by atoms with Gasteiger partial charge in [0, 0.05) is 60.3 Å². The highest BCUT2D eigenvalue weighted by atomic mass is 19.1. The molecule has 2 unspecified atom stereocenters. The average Bonchev–Trinajstić information content (AvgIpc) is 3.49. The van der Waals surface area contributed by atoms with Crippen LogP contribution in [0.2, 0.25) is 0 Å². The Morgan fingerprint density at radius 1 is 0.939 bits per heavy atom. The highest BCUT2D eigenvalue weighted by Crippen LogP contribution is 2.44. The summed E-state index contributed by atoms with van der Waals surface area (Å²) in [6.07, 6.45) is 10.4. The van der Waals surface area contributed by atoms with E-state index >= 15 is 0 Å². The summed E-state index contributed by atoms with van der Waals surface area (Å²) >= 11 is 0. The molecule has 33 heavy (non-hydrogen) atoms. The van der Waals surface area contributed by atoms with E-state index < -0.39 is 0 Å². The van der Waals surface area contributed by atoms with Gasteiger partial charge < -0.3 is 9.88 Å². The third-order valence-electron chi connectivity index (χ3n) is 7.07. The van der Waals surface area contributed by atoms with E-state index in [0.29, 0.717) is 11.8 Å². The van der Waals surface area contributed by atoms with Gasteiger partial charge in [-0.2, -0.15) is 0 Å². The van der Waals surface area contributed by atoms with Crippen molar-refractivity contribution in [2.75, 3.05) is 13.1 Å². The molecule has 1 N–H and O–H groups in total. The fourth-order valence-electron chi connectivity index (χ4n) is 5.47. The average molecular weight is 436 g/mol. The van der Waals surface area contributed by atoms with E-state index in [2.05, 4.69) is 57.5 Å². The van der Waals surface area contributed by atoms with Crippen LogP contribution in [-0.2, 0) is 0 Å². The Labute approximate surface area is 193 Å². The van der Waals surface area contributed by atoms with Crippen LogP contribution < -0.4 is 0 Å². The number of allylic oxidation sites excluding steroid dienone is 2. The molecule has 2 atom stereocenters. The van der Waals surface area contributed by atoms with Crippen LogP contribution in [0.4, 0.5) is 4.39 Å². The van der Waals surface area contributed by atoms with Gasteiger partial charge in [-0.25, -0.2) is 4.39 Å². The molecule has 0 amide bonds. The molecule has 4 aromatic rings. The Kier molecular flexibility index (Phi) is 5.06. The van der Waals surface area contributed by atoms with Crippen LogP contribution in [0.5, 0.6) is 0 Å². The van der Waals surface area contributed by atoms with E-state index in [-0.39, 0.29) is 5.82 Å². The molecule has 2 aromatic heterocycles. The lowest BCUT2D eigenvalue weighted by molar-refractivity contribution is 0.349. The Bertz CT molecular complexity index is 1290. The van der Waals surface area contributed by atoms with Crippen LogP contribution in [0.25, 0.3) is 22.4 Å². The second kappa shape index (κ2) is 8.36. The van der Waals surface area contributed by atoms with Crippen molar-refractivity contribution in [1.82, 2.24) is 14.9 Å². The Hall–Kier alpha value is -3.66. The van der Waals surface area contributed by atoms with Crippen molar-refractivity contribution in [2.45, 2.75) is 24.7 Å². The number of aromatic nitrogens is 2. The van der Waals surface area contributed by atoms with Crippen molar-refractivity contribution < 1.29 is 4.39 Å². The van der Waals surface area contributed by atoms with Gasteiger partial charge in [-0.15, -0.1) is 0 Å². The summed E-state index contributed by atoms with van der Waals surface area (Å²) in [5.74, 6) is 0.662. The van der Waals surface area contributed by atoms with E-state index in [0.717, 1.165) is 48.3 Å². The third-order valence-corrected chi connectivity index (χ3v) is 7.07.